The summed E-state index contributed by atoms with van der Waals surface area (Å²) in [6, 6.07) is 7.81. The van der Waals surface area contributed by atoms with E-state index in [-0.39, 0.29) is 16.4 Å². The summed E-state index contributed by atoms with van der Waals surface area (Å²) in [4.78, 5) is 12.6. The zero-order valence-electron chi connectivity index (χ0n) is 17.8. The Morgan fingerprint density at radius 2 is 1.50 bits per heavy atom. The minimum atomic E-state index is -4.56. The van der Waals surface area contributed by atoms with Crippen molar-refractivity contribution in [1.29, 1.82) is 0 Å². The van der Waals surface area contributed by atoms with Gasteiger partial charge < -0.3 is 19.5 Å². The summed E-state index contributed by atoms with van der Waals surface area (Å²) in [6.45, 7) is 6.41. The summed E-state index contributed by atoms with van der Waals surface area (Å²) in [5.74, 6) is 0.417. The van der Waals surface area contributed by atoms with E-state index >= 15 is 0 Å². The van der Waals surface area contributed by atoms with Crippen molar-refractivity contribution in [2.75, 3.05) is 25.1 Å². The van der Waals surface area contributed by atoms with Gasteiger partial charge in [0, 0.05) is 5.56 Å². The van der Waals surface area contributed by atoms with Gasteiger partial charge in [0.15, 0.2) is 16.6 Å². The number of rotatable bonds is 8. The van der Waals surface area contributed by atoms with Crippen LogP contribution in [0.25, 0.3) is 0 Å². The van der Waals surface area contributed by atoms with Crippen LogP contribution in [-0.4, -0.2) is 30.8 Å². The second-order valence-electron chi connectivity index (χ2n) is 6.18. The van der Waals surface area contributed by atoms with E-state index in [0.29, 0.717) is 37.1 Å². The molecule has 2 rings (SSSR count). The highest BCUT2D eigenvalue weighted by atomic mass is 32.1. The average Bonchev–Trinajstić information content (AvgIpc) is 2.74. The van der Waals surface area contributed by atoms with Gasteiger partial charge in [-0.25, -0.2) is 0 Å². The van der Waals surface area contributed by atoms with Crippen molar-refractivity contribution in [2.45, 2.75) is 26.9 Å². The minimum Gasteiger partial charge on any atom is -0.490 e. The van der Waals surface area contributed by atoms with Gasteiger partial charge in [0.25, 0.3) is 5.91 Å². The van der Waals surface area contributed by atoms with Crippen LogP contribution in [0.3, 0.4) is 0 Å². The number of alkyl halides is 3. The molecule has 0 saturated heterocycles. The first kappa shape index (κ1) is 25.1. The number of halogens is 3. The molecule has 2 aromatic carbocycles. The highest BCUT2D eigenvalue weighted by Gasteiger charge is 2.33. The highest BCUT2D eigenvalue weighted by molar-refractivity contribution is 7.80. The fourth-order valence-corrected chi connectivity index (χ4v) is 2.86. The number of thiocarbonyl (C=S) groups is 1. The zero-order valence-corrected chi connectivity index (χ0v) is 18.6. The molecular weight excluding hydrogens is 447 g/mol. The second-order valence-corrected chi connectivity index (χ2v) is 6.59. The van der Waals surface area contributed by atoms with E-state index in [1.807, 2.05) is 0 Å². The number of benzene rings is 2. The first-order valence-electron chi connectivity index (χ1n) is 9.81. The van der Waals surface area contributed by atoms with E-state index in [1.54, 1.807) is 20.8 Å². The summed E-state index contributed by atoms with van der Waals surface area (Å²) >= 11 is 5.00. The van der Waals surface area contributed by atoms with Crippen molar-refractivity contribution in [3.8, 4) is 17.2 Å². The maximum Gasteiger partial charge on any atom is 0.418 e. The number of carbonyl (C=O) groups excluding carboxylic acids is 1. The Hall–Kier alpha value is -3.21. The van der Waals surface area contributed by atoms with E-state index in [1.165, 1.54) is 30.3 Å². The Balaban J connectivity index is 2.15. The van der Waals surface area contributed by atoms with Crippen LogP contribution in [0.4, 0.5) is 18.9 Å². The molecule has 2 aromatic rings. The zero-order chi connectivity index (χ0) is 23.7. The number of para-hydroxylation sites is 1. The van der Waals surface area contributed by atoms with Gasteiger partial charge in [-0.1, -0.05) is 12.1 Å². The SMILES string of the molecule is CCOc1cc(C(=O)NNC(=S)Nc2ccccc2C(F)(F)F)cc(OCC)c1OCC. The molecule has 0 bridgehead atoms. The van der Waals surface area contributed by atoms with Gasteiger partial charge in [0.05, 0.1) is 31.1 Å². The van der Waals surface area contributed by atoms with E-state index in [0.717, 1.165) is 6.07 Å². The molecule has 11 heteroatoms. The smallest absolute Gasteiger partial charge is 0.418 e. The number of anilines is 1. The summed E-state index contributed by atoms with van der Waals surface area (Å²) in [5, 5.41) is 2.20. The lowest BCUT2D eigenvalue weighted by atomic mass is 10.1. The van der Waals surface area contributed by atoms with E-state index in [4.69, 9.17) is 26.4 Å². The molecule has 0 aliphatic carbocycles. The molecule has 0 radical (unpaired) electrons. The largest absolute Gasteiger partial charge is 0.490 e. The van der Waals surface area contributed by atoms with Crippen LogP contribution < -0.4 is 30.4 Å². The molecule has 3 N–H and O–H groups in total. The molecule has 0 aliphatic rings. The van der Waals surface area contributed by atoms with Crippen LogP contribution in [0.1, 0.15) is 36.7 Å². The molecule has 1 amide bonds. The molecule has 0 saturated carbocycles. The summed E-state index contributed by atoms with van der Waals surface area (Å²) < 4.78 is 56.1. The molecule has 0 unspecified atom stereocenters. The Bertz CT molecular complexity index is 927. The molecule has 0 fully saturated rings. The van der Waals surface area contributed by atoms with Crippen LogP contribution in [0, 0.1) is 0 Å². The number of hydrazine groups is 1. The molecule has 174 valence electrons. The predicted molar refractivity (Wildman–Crippen MR) is 118 cm³/mol. The fourth-order valence-electron chi connectivity index (χ4n) is 2.70. The monoisotopic (exact) mass is 471 g/mol. The van der Waals surface area contributed by atoms with E-state index in [9.17, 15) is 18.0 Å². The molecule has 0 aliphatic heterocycles. The van der Waals surface area contributed by atoms with Gasteiger partial charge in [0.1, 0.15) is 0 Å². The Morgan fingerprint density at radius 3 is 2.03 bits per heavy atom. The number of ether oxygens (including phenoxy) is 3. The second kappa shape index (κ2) is 11.4. The van der Waals surface area contributed by atoms with Crippen LogP contribution in [0.2, 0.25) is 0 Å². The maximum atomic E-state index is 13.1. The number of hydrogen-bond acceptors (Lipinski definition) is 5. The van der Waals surface area contributed by atoms with Crippen LogP contribution in [-0.2, 0) is 6.18 Å². The fraction of sp³-hybridized carbons (Fsp3) is 0.333. The Kier molecular flexibility index (Phi) is 8.94. The quantitative estimate of drug-likeness (QED) is 0.386. The molecule has 0 atom stereocenters. The highest BCUT2D eigenvalue weighted by Crippen LogP contribution is 2.39. The van der Waals surface area contributed by atoms with Gasteiger partial charge >= 0.3 is 6.18 Å². The lowest BCUT2D eigenvalue weighted by molar-refractivity contribution is -0.136. The Morgan fingerprint density at radius 1 is 0.938 bits per heavy atom. The molecule has 32 heavy (non-hydrogen) atoms. The van der Waals surface area contributed by atoms with Gasteiger partial charge in [-0.3, -0.25) is 15.6 Å². The third-order valence-electron chi connectivity index (χ3n) is 3.94. The van der Waals surface area contributed by atoms with Crippen molar-refractivity contribution in [3.63, 3.8) is 0 Å². The molecule has 0 aromatic heterocycles. The van der Waals surface area contributed by atoms with Crippen molar-refractivity contribution < 1.29 is 32.2 Å². The topological polar surface area (TPSA) is 80.9 Å². The van der Waals surface area contributed by atoms with Crippen molar-refractivity contribution in [2.24, 2.45) is 0 Å². The lowest BCUT2D eigenvalue weighted by Gasteiger charge is -2.18. The molecule has 0 heterocycles. The molecule has 0 spiro atoms. The predicted octanol–water partition coefficient (Wildman–Crippen LogP) is 4.53. The third kappa shape index (κ3) is 6.64. The number of hydrogen-bond donors (Lipinski definition) is 3. The van der Waals surface area contributed by atoms with Crippen molar-refractivity contribution in [3.05, 3.63) is 47.5 Å². The number of nitrogens with one attached hydrogen (secondary N) is 3. The maximum absolute atomic E-state index is 13.1. The molecular formula is C21H24F3N3O4S. The van der Waals surface area contributed by atoms with E-state index < -0.39 is 17.6 Å². The van der Waals surface area contributed by atoms with Gasteiger partial charge in [-0.2, -0.15) is 13.2 Å². The summed E-state index contributed by atoms with van der Waals surface area (Å²) in [5.41, 5.74) is 3.78. The van der Waals surface area contributed by atoms with Crippen LogP contribution in [0.15, 0.2) is 36.4 Å². The van der Waals surface area contributed by atoms with E-state index in [2.05, 4.69) is 16.2 Å². The first-order valence-corrected chi connectivity index (χ1v) is 10.2. The van der Waals surface area contributed by atoms with Crippen molar-refractivity contribution >= 4 is 28.9 Å². The molecule has 7 nitrogen and oxygen atoms in total. The first-order chi connectivity index (χ1) is 15.2. The lowest BCUT2D eigenvalue weighted by Crippen LogP contribution is -2.44. The normalized spacial score (nSPS) is 10.8. The number of amides is 1. The van der Waals surface area contributed by atoms with Crippen LogP contribution in [0.5, 0.6) is 17.2 Å². The average molecular weight is 472 g/mol. The van der Waals surface area contributed by atoms with Gasteiger partial charge in [-0.15, -0.1) is 0 Å². The van der Waals surface area contributed by atoms with Crippen molar-refractivity contribution in [1.82, 2.24) is 10.9 Å². The van der Waals surface area contributed by atoms with Gasteiger partial charge in [0.2, 0.25) is 5.75 Å². The summed E-state index contributed by atoms with van der Waals surface area (Å²) in [7, 11) is 0. The summed E-state index contributed by atoms with van der Waals surface area (Å²) in [6.07, 6.45) is -4.56. The van der Waals surface area contributed by atoms with Crippen LogP contribution >= 0.6 is 12.2 Å². The third-order valence-corrected chi connectivity index (χ3v) is 4.15. The minimum absolute atomic E-state index is 0.173. The standard InChI is InChI=1S/C21H24F3N3O4S/c1-4-29-16-11-13(12-17(30-5-2)18(16)31-6-3)19(28)26-27-20(32)25-15-10-8-7-9-14(15)21(22,23)24/h7-12H,4-6H2,1-3H3,(H,26,28)(H2,25,27,32). The number of carbonyl (C=O) groups is 1. The van der Waals surface area contributed by atoms with Gasteiger partial charge in [-0.05, 0) is 57.3 Å². The Labute approximate surface area is 189 Å².